The van der Waals surface area contributed by atoms with E-state index in [0.29, 0.717) is 22.0 Å². The Bertz CT molecular complexity index is 891. The lowest BCUT2D eigenvalue weighted by molar-refractivity contribution is 0.0919. The van der Waals surface area contributed by atoms with Crippen molar-refractivity contribution in [3.63, 3.8) is 0 Å². The van der Waals surface area contributed by atoms with Crippen LogP contribution < -0.4 is 5.32 Å². The maximum Gasteiger partial charge on any atom is 0.263 e. The molecule has 5 nitrogen and oxygen atoms in total. The molecule has 1 N–H and O–H groups in total. The van der Waals surface area contributed by atoms with Crippen molar-refractivity contribution in [2.24, 2.45) is 0 Å². The number of hydrogen-bond acceptors (Lipinski definition) is 5. The van der Waals surface area contributed by atoms with Crippen molar-refractivity contribution in [1.82, 2.24) is 10.3 Å². The third kappa shape index (κ3) is 3.49. The lowest BCUT2D eigenvalue weighted by Crippen LogP contribution is -2.46. The molecule has 1 aromatic heterocycles. The molecule has 1 aliphatic rings. The Balaban J connectivity index is 1.82. The normalized spacial score (nSPS) is 22.5. The van der Waals surface area contributed by atoms with Crippen LogP contribution in [0, 0.1) is 12.7 Å². The summed E-state index contributed by atoms with van der Waals surface area (Å²) in [5, 5.41) is 3.46. The van der Waals surface area contributed by atoms with Crippen molar-refractivity contribution in [2.45, 2.75) is 25.8 Å². The standard InChI is InChI=1S/C16H17FN2O3S2/c1-10-13(14(20)19-16(2)7-8-24(21,22)9-16)23-15(18-10)11-3-5-12(17)6-4-11/h3-6H,7-9H2,1-2H3,(H,19,20). The molecule has 1 fully saturated rings. The van der Waals surface area contributed by atoms with Gasteiger partial charge in [0.15, 0.2) is 9.84 Å². The molecule has 1 atom stereocenters. The number of benzene rings is 1. The summed E-state index contributed by atoms with van der Waals surface area (Å²) in [5.41, 5.74) is 0.557. The van der Waals surface area contributed by atoms with Gasteiger partial charge in [0, 0.05) is 5.56 Å². The zero-order valence-corrected chi connectivity index (χ0v) is 14.9. The lowest BCUT2D eigenvalue weighted by Gasteiger charge is -2.23. The van der Waals surface area contributed by atoms with Gasteiger partial charge in [0.2, 0.25) is 0 Å². The van der Waals surface area contributed by atoms with E-state index in [1.807, 2.05) is 0 Å². The Kier molecular flexibility index (Phi) is 4.21. The summed E-state index contributed by atoms with van der Waals surface area (Å²) in [4.78, 5) is 17.4. The van der Waals surface area contributed by atoms with E-state index < -0.39 is 15.4 Å². The molecule has 1 aliphatic heterocycles. The van der Waals surface area contributed by atoms with E-state index in [1.165, 1.54) is 23.5 Å². The van der Waals surface area contributed by atoms with Gasteiger partial charge in [-0.05, 0) is 44.5 Å². The van der Waals surface area contributed by atoms with E-state index in [9.17, 15) is 17.6 Å². The maximum atomic E-state index is 13.0. The highest BCUT2D eigenvalue weighted by molar-refractivity contribution is 7.91. The number of sulfone groups is 1. The summed E-state index contributed by atoms with van der Waals surface area (Å²) < 4.78 is 36.3. The molecule has 2 aromatic rings. The second-order valence-corrected chi connectivity index (χ2v) is 9.48. The van der Waals surface area contributed by atoms with Gasteiger partial charge in [-0.2, -0.15) is 0 Å². The number of nitrogens with one attached hydrogen (secondary N) is 1. The van der Waals surface area contributed by atoms with Crippen molar-refractivity contribution in [3.05, 3.63) is 40.7 Å². The molecule has 1 saturated heterocycles. The van der Waals surface area contributed by atoms with Gasteiger partial charge in [-0.3, -0.25) is 4.79 Å². The Morgan fingerprint density at radius 1 is 1.33 bits per heavy atom. The maximum absolute atomic E-state index is 13.0. The minimum Gasteiger partial charge on any atom is -0.345 e. The Morgan fingerprint density at radius 3 is 2.58 bits per heavy atom. The first kappa shape index (κ1) is 17.0. The number of rotatable bonds is 3. The minimum atomic E-state index is -3.10. The van der Waals surface area contributed by atoms with Crippen LogP contribution in [-0.4, -0.2) is 36.4 Å². The van der Waals surface area contributed by atoms with Crippen molar-refractivity contribution < 1.29 is 17.6 Å². The summed E-state index contributed by atoms with van der Waals surface area (Å²) in [6.07, 6.45) is 0.406. The molecule has 128 valence electrons. The van der Waals surface area contributed by atoms with Gasteiger partial charge in [-0.15, -0.1) is 11.3 Å². The van der Waals surface area contributed by atoms with Crippen molar-refractivity contribution >= 4 is 27.1 Å². The highest BCUT2D eigenvalue weighted by Gasteiger charge is 2.40. The summed E-state index contributed by atoms with van der Waals surface area (Å²) in [7, 11) is -3.10. The molecular weight excluding hydrogens is 351 g/mol. The van der Waals surface area contributed by atoms with Crippen LogP contribution in [0.4, 0.5) is 4.39 Å². The molecule has 3 rings (SSSR count). The lowest BCUT2D eigenvalue weighted by atomic mass is 10.0. The molecule has 1 aromatic carbocycles. The Hall–Kier alpha value is -1.80. The fraction of sp³-hybridized carbons (Fsp3) is 0.375. The van der Waals surface area contributed by atoms with Crippen LogP contribution in [0.1, 0.15) is 28.7 Å². The molecule has 1 unspecified atom stereocenters. The smallest absolute Gasteiger partial charge is 0.263 e. The van der Waals surface area contributed by atoms with Crippen LogP contribution in [0.3, 0.4) is 0 Å². The molecule has 1 amide bonds. The summed E-state index contributed by atoms with van der Waals surface area (Å²) in [6.45, 7) is 3.47. The predicted octanol–water partition coefficient (Wildman–Crippen LogP) is 2.56. The van der Waals surface area contributed by atoms with Gasteiger partial charge in [0.1, 0.15) is 15.7 Å². The van der Waals surface area contributed by atoms with Gasteiger partial charge in [-0.1, -0.05) is 0 Å². The Morgan fingerprint density at radius 2 is 2.00 bits per heavy atom. The number of amides is 1. The van der Waals surface area contributed by atoms with Crippen LogP contribution in [-0.2, 0) is 9.84 Å². The second-order valence-electron chi connectivity index (χ2n) is 6.30. The molecule has 0 radical (unpaired) electrons. The second kappa shape index (κ2) is 5.93. The molecule has 0 aliphatic carbocycles. The largest absolute Gasteiger partial charge is 0.345 e. The SMILES string of the molecule is Cc1nc(-c2ccc(F)cc2)sc1C(=O)NC1(C)CCS(=O)(=O)C1. The molecule has 0 saturated carbocycles. The van der Waals surface area contributed by atoms with Crippen molar-refractivity contribution in [3.8, 4) is 10.6 Å². The molecule has 2 heterocycles. The first-order chi connectivity index (χ1) is 11.2. The van der Waals surface area contributed by atoms with Crippen LogP contribution in [0.15, 0.2) is 24.3 Å². The molecule has 8 heteroatoms. The number of aromatic nitrogens is 1. The molecule has 0 spiro atoms. The van der Waals surface area contributed by atoms with Crippen LogP contribution in [0.2, 0.25) is 0 Å². The quantitative estimate of drug-likeness (QED) is 0.903. The van der Waals surface area contributed by atoms with Crippen molar-refractivity contribution in [2.75, 3.05) is 11.5 Å². The predicted molar refractivity (Wildman–Crippen MR) is 91.4 cm³/mol. The average molecular weight is 368 g/mol. The zero-order valence-electron chi connectivity index (χ0n) is 13.3. The van der Waals surface area contributed by atoms with Gasteiger partial charge in [-0.25, -0.2) is 17.8 Å². The van der Waals surface area contributed by atoms with E-state index in [2.05, 4.69) is 10.3 Å². The highest BCUT2D eigenvalue weighted by atomic mass is 32.2. The molecular formula is C16H17FN2O3S2. The van der Waals surface area contributed by atoms with Crippen molar-refractivity contribution in [1.29, 1.82) is 0 Å². The first-order valence-corrected chi connectivity index (χ1v) is 10.1. The first-order valence-electron chi connectivity index (χ1n) is 7.44. The van der Waals surface area contributed by atoms with Crippen LogP contribution in [0.25, 0.3) is 10.6 Å². The topological polar surface area (TPSA) is 76.1 Å². The zero-order chi connectivity index (χ0) is 17.5. The fourth-order valence-electron chi connectivity index (χ4n) is 2.76. The van der Waals surface area contributed by atoms with E-state index in [0.717, 1.165) is 5.56 Å². The van der Waals surface area contributed by atoms with E-state index in [-0.39, 0.29) is 23.2 Å². The van der Waals surface area contributed by atoms with Gasteiger partial charge < -0.3 is 5.32 Å². The number of hydrogen-bond donors (Lipinski definition) is 1. The number of thiazole rings is 1. The van der Waals surface area contributed by atoms with E-state index >= 15 is 0 Å². The highest BCUT2D eigenvalue weighted by Crippen LogP contribution is 2.29. The molecule has 0 bridgehead atoms. The number of carbonyl (C=O) groups is 1. The van der Waals surface area contributed by atoms with Gasteiger partial charge >= 0.3 is 0 Å². The number of aryl methyl sites for hydroxylation is 1. The summed E-state index contributed by atoms with van der Waals surface area (Å²) in [6, 6.07) is 5.91. The average Bonchev–Trinajstić information content (AvgIpc) is 3.00. The fourth-order valence-corrected chi connectivity index (χ4v) is 5.82. The summed E-state index contributed by atoms with van der Waals surface area (Å²) in [5.74, 6) is -0.612. The number of carbonyl (C=O) groups excluding carboxylic acids is 1. The third-order valence-corrected chi connectivity index (χ3v) is 7.12. The minimum absolute atomic E-state index is 0.0472. The van der Waals surface area contributed by atoms with Gasteiger partial charge in [0.05, 0.1) is 22.7 Å². The molecule has 24 heavy (non-hydrogen) atoms. The third-order valence-electron chi connectivity index (χ3n) is 4.01. The Labute approximate surface area is 143 Å². The monoisotopic (exact) mass is 368 g/mol. The van der Waals surface area contributed by atoms with Crippen LogP contribution in [0.5, 0.6) is 0 Å². The van der Waals surface area contributed by atoms with E-state index in [4.69, 9.17) is 0 Å². The number of halogens is 1. The number of nitrogens with zero attached hydrogens (tertiary/aromatic N) is 1. The van der Waals surface area contributed by atoms with Gasteiger partial charge in [0.25, 0.3) is 5.91 Å². The van der Waals surface area contributed by atoms with Crippen LogP contribution >= 0.6 is 11.3 Å². The van der Waals surface area contributed by atoms with E-state index in [1.54, 1.807) is 26.0 Å². The summed E-state index contributed by atoms with van der Waals surface area (Å²) >= 11 is 1.21.